The van der Waals surface area contributed by atoms with Crippen LogP contribution in [0.3, 0.4) is 0 Å². The van der Waals surface area contributed by atoms with Crippen molar-refractivity contribution in [2.24, 2.45) is 0 Å². The van der Waals surface area contributed by atoms with Crippen molar-refractivity contribution in [1.82, 2.24) is 5.32 Å². The molecule has 0 fully saturated rings. The first-order valence-electron chi connectivity index (χ1n) is 23.1. The minimum atomic E-state index is -0.834. The quantitative estimate of drug-likeness (QED) is 0.0435. The van der Waals surface area contributed by atoms with Gasteiger partial charge in [-0.05, 0) is 44.9 Å². The second-order valence-electron chi connectivity index (χ2n) is 15.8. The van der Waals surface area contributed by atoms with Crippen LogP contribution < -0.4 is 5.32 Å². The Kier molecular flexibility index (Phi) is 42.3. The first-order chi connectivity index (χ1) is 25.2. The molecule has 0 aromatic rings. The van der Waals surface area contributed by atoms with E-state index in [1.54, 1.807) is 6.08 Å². The summed E-state index contributed by atoms with van der Waals surface area (Å²) in [5.74, 6) is -0.0627. The van der Waals surface area contributed by atoms with Gasteiger partial charge in [-0.1, -0.05) is 224 Å². The molecule has 0 rings (SSSR count). The van der Waals surface area contributed by atoms with Gasteiger partial charge in [0.15, 0.2) is 0 Å². The average molecular weight is 718 g/mol. The second kappa shape index (κ2) is 43.3. The van der Waals surface area contributed by atoms with E-state index in [9.17, 15) is 15.0 Å². The monoisotopic (exact) mass is 718 g/mol. The van der Waals surface area contributed by atoms with Crippen LogP contribution in [-0.2, 0) is 4.79 Å². The van der Waals surface area contributed by atoms with Crippen LogP contribution in [0.25, 0.3) is 0 Å². The van der Waals surface area contributed by atoms with Crippen LogP contribution in [0.2, 0.25) is 0 Å². The second-order valence-corrected chi connectivity index (χ2v) is 15.8. The topological polar surface area (TPSA) is 69.6 Å². The van der Waals surface area contributed by atoms with Crippen molar-refractivity contribution in [2.45, 2.75) is 264 Å². The van der Waals surface area contributed by atoms with E-state index in [0.29, 0.717) is 6.42 Å². The molecule has 4 heteroatoms. The molecule has 0 aliphatic carbocycles. The van der Waals surface area contributed by atoms with E-state index in [-0.39, 0.29) is 12.5 Å². The highest BCUT2D eigenvalue weighted by Crippen LogP contribution is 2.16. The smallest absolute Gasteiger partial charge is 0.220 e. The fourth-order valence-corrected chi connectivity index (χ4v) is 7.11. The summed E-state index contributed by atoms with van der Waals surface area (Å²) in [5, 5.41) is 22.9. The molecule has 2 unspecified atom stereocenters. The Morgan fingerprint density at radius 1 is 0.451 bits per heavy atom. The molecule has 0 saturated carbocycles. The number of amides is 1. The van der Waals surface area contributed by atoms with Gasteiger partial charge in [0, 0.05) is 6.42 Å². The van der Waals surface area contributed by atoms with Crippen LogP contribution in [0.5, 0.6) is 0 Å². The Morgan fingerprint density at radius 2 is 0.745 bits per heavy atom. The molecule has 0 saturated heterocycles. The number of nitrogens with one attached hydrogen (secondary N) is 1. The maximum absolute atomic E-state index is 12.4. The van der Waals surface area contributed by atoms with Crippen molar-refractivity contribution in [3.8, 4) is 0 Å². The van der Waals surface area contributed by atoms with Crippen molar-refractivity contribution < 1.29 is 15.0 Å². The summed E-state index contributed by atoms with van der Waals surface area (Å²) in [6.45, 7) is 4.30. The SMILES string of the molecule is CCCCCCCCCC/C=C\CCCCCCCCCCCCCCCCCCCC(=O)NC(CO)C(O)/C=C/CCCCCCCCCC. The summed E-state index contributed by atoms with van der Waals surface area (Å²) >= 11 is 0. The summed E-state index contributed by atoms with van der Waals surface area (Å²) in [6, 6.07) is -0.617. The first kappa shape index (κ1) is 49.9. The van der Waals surface area contributed by atoms with Gasteiger partial charge in [-0.2, -0.15) is 0 Å². The minimum absolute atomic E-state index is 0.0627. The molecule has 302 valence electrons. The van der Waals surface area contributed by atoms with Gasteiger partial charge < -0.3 is 15.5 Å². The number of allylic oxidation sites excluding steroid dienone is 3. The number of rotatable bonds is 42. The van der Waals surface area contributed by atoms with E-state index in [4.69, 9.17) is 0 Å². The van der Waals surface area contributed by atoms with Gasteiger partial charge in [0.05, 0.1) is 18.8 Å². The van der Waals surface area contributed by atoms with E-state index in [0.717, 1.165) is 25.7 Å². The number of hydrogen-bond acceptors (Lipinski definition) is 3. The highest BCUT2D eigenvalue weighted by atomic mass is 16.3. The molecule has 2 atom stereocenters. The molecule has 4 nitrogen and oxygen atoms in total. The lowest BCUT2D eigenvalue weighted by molar-refractivity contribution is -0.123. The molecule has 51 heavy (non-hydrogen) atoms. The van der Waals surface area contributed by atoms with E-state index in [1.807, 2.05) is 6.08 Å². The van der Waals surface area contributed by atoms with Crippen molar-refractivity contribution >= 4 is 5.91 Å². The third kappa shape index (κ3) is 39.9. The van der Waals surface area contributed by atoms with Gasteiger partial charge >= 0.3 is 0 Å². The third-order valence-corrected chi connectivity index (χ3v) is 10.7. The minimum Gasteiger partial charge on any atom is -0.394 e. The lowest BCUT2D eigenvalue weighted by Crippen LogP contribution is -2.45. The first-order valence-corrected chi connectivity index (χ1v) is 23.1. The van der Waals surface area contributed by atoms with Gasteiger partial charge in [-0.15, -0.1) is 0 Å². The molecule has 0 aromatic carbocycles. The Bertz CT molecular complexity index is 735. The maximum atomic E-state index is 12.4. The van der Waals surface area contributed by atoms with Crippen molar-refractivity contribution in [1.29, 1.82) is 0 Å². The third-order valence-electron chi connectivity index (χ3n) is 10.7. The van der Waals surface area contributed by atoms with E-state index in [1.165, 1.54) is 205 Å². The number of unbranched alkanes of at least 4 members (excludes halogenated alkanes) is 33. The zero-order chi connectivity index (χ0) is 37.1. The Labute approximate surface area is 319 Å². The molecular formula is C47H91NO3. The van der Waals surface area contributed by atoms with Gasteiger partial charge in [-0.3, -0.25) is 4.79 Å². The standard InChI is InChI=1S/C47H91NO3/c1-3-5-7-9-11-13-15-16-17-18-19-20-21-22-23-24-25-26-27-28-29-30-31-32-33-35-37-39-41-43-47(51)48-45(44-49)46(50)42-40-38-36-34-14-12-10-8-6-4-2/h18-19,40,42,45-46,49-50H,3-17,20-39,41,43-44H2,1-2H3,(H,48,51)/b19-18-,42-40+. The summed E-state index contributed by atoms with van der Waals surface area (Å²) in [7, 11) is 0. The van der Waals surface area contributed by atoms with Crippen LogP contribution in [0.15, 0.2) is 24.3 Å². The van der Waals surface area contributed by atoms with Crippen molar-refractivity contribution in [3.63, 3.8) is 0 Å². The van der Waals surface area contributed by atoms with Crippen LogP contribution in [-0.4, -0.2) is 34.9 Å². The fraction of sp³-hybridized carbons (Fsp3) is 0.894. The predicted octanol–water partition coefficient (Wildman–Crippen LogP) is 14.4. The number of aliphatic hydroxyl groups is 2. The molecule has 0 aliphatic heterocycles. The van der Waals surface area contributed by atoms with Gasteiger partial charge in [0.1, 0.15) is 0 Å². The lowest BCUT2D eigenvalue weighted by Gasteiger charge is -2.20. The van der Waals surface area contributed by atoms with Gasteiger partial charge in [-0.25, -0.2) is 0 Å². The van der Waals surface area contributed by atoms with Gasteiger partial charge in [0.2, 0.25) is 5.91 Å². The number of carbonyl (C=O) groups excluding carboxylic acids is 1. The van der Waals surface area contributed by atoms with Crippen molar-refractivity contribution in [3.05, 3.63) is 24.3 Å². The summed E-state index contributed by atoms with van der Waals surface area (Å²) in [4.78, 5) is 12.4. The fourth-order valence-electron chi connectivity index (χ4n) is 7.11. The summed E-state index contributed by atoms with van der Waals surface area (Å²) < 4.78 is 0. The molecule has 0 heterocycles. The van der Waals surface area contributed by atoms with E-state index >= 15 is 0 Å². The number of aliphatic hydroxyl groups excluding tert-OH is 2. The van der Waals surface area contributed by atoms with E-state index in [2.05, 4.69) is 31.3 Å². The molecule has 0 aliphatic rings. The average Bonchev–Trinajstić information content (AvgIpc) is 3.13. The van der Waals surface area contributed by atoms with Crippen LogP contribution >= 0.6 is 0 Å². The summed E-state index contributed by atoms with van der Waals surface area (Å²) in [6.07, 6.45) is 56.0. The molecule has 0 spiro atoms. The largest absolute Gasteiger partial charge is 0.394 e. The summed E-state index contributed by atoms with van der Waals surface area (Å²) in [5.41, 5.74) is 0. The highest BCUT2D eigenvalue weighted by molar-refractivity contribution is 5.76. The van der Waals surface area contributed by atoms with Crippen molar-refractivity contribution in [2.75, 3.05) is 6.61 Å². The highest BCUT2D eigenvalue weighted by Gasteiger charge is 2.17. The maximum Gasteiger partial charge on any atom is 0.220 e. The zero-order valence-electron chi connectivity index (χ0n) is 34.6. The zero-order valence-corrected chi connectivity index (χ0v) is 34.6. The lowest BCUT2D eigenvalue weighted by atomic mass is 10.0. The Hall–Kier alpha value is -1.13. The van der Waals surface area contributed by atoms with Crippen LogP contribution in [0, 0.1) is 0 Å². The molecule has 1 amide bonds. The van der Waals surface area contributed by atoms with Crippen LogP contribution in [0.1, 0.15) is 251 Å². The Balaban J connectivity index is 3.42. The molecule has 0 aromatic heterocycles. The molecular weight excluding hydrogens is 627 g/mol. The number of hydrogen-bond donors (Lipinski definition) is 3. The predicted molar refractivity (Wildman–Crippen MR) is 225 cm³/mol. The normalized spacial score (nSPS) is 13.1. The van der Waals surface area contributed by atoms with Crippen LogP contribution in [0.4, 0.5) is 0 Å². The van der Waals surface area contributed by atoms with E-state index < -0.39 is 12.1 Å². The number of carbonyl (C=O) groups is 1. The molecule has 3 N–H and O–H groups in total. The van der Waals surface area contributed by atoms with Gasteiger partial charge in [0.25, 0.3) is 0 Å². The molecule has 0 radical (unpaired) electrons. The molecule has 0 bridgehead atoms. The Morgan fingerprint density at radius 3 is 1.08 bits per heavy atom.